The van der Waals surface area contributed by atoms with Gasteiger partial charge < -0.3 is 5.73 Å². The average Bonchev–Trinajstić information content (AvgIpc) is 3.17. The molecule has 0 radical (unpaired) electrons. The quantitative estimate of drug-likeness (QED) is 0.565. The molecule has 0 aliphatic carbocycles. The van der Waals surface area contributed by atoms with Gasteiger partial charge in [0.2, 0.25) is 0 Å². The number of thiophene rings is 2. The van der Waals surface area contributed by atoms with Crippen LogP contribution in [0, 0.1) is 0 Å². The van der Waals surface area contributed by atoms with Crippen LogP contribution < -0.4 is 11.2 Å². The Kier molecular flexibility index (Phi) is 4.32. The number of anilines is 1. The molecule has 4 nitrogen and oxygen atoms in total. The molecule has 3 rings (SSSR count). The van der Waals surface area contributed by atoms with Crippen LogP contribution in [0.5, 0.6) is 0 Å². The van der Waals surface area contributed by atoms with Crippen LogP contribution in [0.4, 0.5) is 5.00 Å². The zero-order valence-corrected chi connectivity index (χ0v) is 13.2. The van der Waals surface area contributed by atoms with E-state index in [1.807, 2.05) is 47.8 Å². The van der Waals surface area contributed by atoms with Gasteiger partial charge in [0.05, 0.1) is 16.8 Å². The van der Waals surface area contributed by atoms with Crippen molar-refractivity contribution in [3.05, 3.63) is 64.4 Å². The summed E-state index contributed by atoms with van der Waals surface area (Å²) in [5, 5.41) is 6.39. The van der Waals surface area contributed by atoms with Crippen molar-refractivity contribution in [2.24, 2.45) is 5.10 Å². The minimum absolute atomic E-state index is 0.302. The van der Waals surface area contributed by atoms with Crippen molar-refractivity contribution in [1.82, 2.24) is 5.43 Å². The van der Waals surface area contributed by atoms with E-state index in [9.17, 15) is 4.79 Å². The third-order valence-electron chi connectivity index (χ3n) is 2.96. The summed E-state index contributed by atoms with van der Waals surface area (Å²) in [5.41, 5.74) is 9.95. The maximum atomic E-state index is 12.1. The van der Waals surface area contributed by atoms with E-state index in [1.165, 1.54) is 11.3 Å². The zero-order valence-electron chi connectivity index (χ0n) is 11.5. The van der Waals surface area contributed by atoms with Gasteiger partial charge in [0.1, 0.15) is 0 Å². The number of carbonyl (C=O) groups is 1. The first-order chi connectivity index (χ1) is 10.7. The topological polar surface area (TPSA) is 67.5 Å². The molecule has 3 aromatic rings. The highest BCUT2D eigenvalue weighted by atomic mass is 32.1. The number of hydrazone groups is 1. The summed E-state index contributed by atoms with van der Waals surface area (Å²) >= 11 is 2.95. The molecule has 1 aromatic carbocycles. The fraction of sp³-hybridized carbons (Fsp3) is 0. The Bertz CT molecular complexity index is 792. The molecule has 6 heteroatoms. The molecule has 0 bridgehead atoms. The first kappa shape index (κ1) is 14.5. The van der Waals surface area contributed by atoms with Crippen molar-refractivity contribution in [1.29, 1.82) is 0 Å². The number of nitrogens with one attached hydrogen (secondary N) is 1. The zero-order chi connectivity index (χ0) is 15.4. The van der Waals surface area contributed by atoms with Crippen LogP contribution in [0.25, 0.3) is 10.4 Å². The van der Waals surface area contributed by atoms with Crippen molar-refractivity contribution in [2.45, 2.75) is 0 Å². The molecule has 0 unspecified atom stereocenters. The molecule has 0 aliphatic rings. The summed E-state index contributed by atoms with van der Waals surface area (Å²) in [6.07, 6.45) is 1.61. The van der Waals surface area contributed by atoms with Crippen molar-refractivity contribution in [3.63, 3.8) is 0 Å². The van der Waals surface area contributed by atoms with Crippen molar-refractivity contribution < 1.29 is 4.79 Å². The number of hydrogen-bond donors (Lipinski definition) is 2. The van der Waals surface area contributed by atoms with Crippen molar-refractivity contribution >= 4 is 39.8 Å². The fourth-order valence-electron chi connectivity index (χ4n) is 1.91. The average molecular weight is 327 g/mol. The van der Waals surface area contributed by atoms with Crippen LogP contribution in [-0.4, -0.2) is 12.1 Å². The van der Waals surface area contributed by atoms with Gasteiger partial charge in [-0.25, -0.2) is 5.43 Å². The van der Waals surface area contributed by atoms with Crippen LogP contribution in [0.2, 0.25) is 0 Å². The Morgan fingerprint density at radius 3 is 2.73 bits per heavy atom. The Morgan fingerprint density at radius 1 is 1.18 bits per heavy atom. The third-order valence-corrected chi connectivity index (χ3v) is 4.78. The number of nitrogens with zero attached hydrogens (tertiary/aromatic N) is 1. The monoisotopic (exact) mass is 327 g/mol. The SMILES string of the molecule is Nc1sc(-c2ccccc2)cc1C(=O)N/N=C\c1cccs1. The Hall–Kier alpha value is -2.44. The number of nitrogen functional groups attached to an aromatic ring is 1. The van der Waals surface area contributed by atoms with Crippen molar-refractivity contribution in [2.75, 3.05) is 5.73 Å². The van der Waals surface area contributed by atoms with E-state index in [-0.39, 0.29) is 5.91 Å². The second-order valence-electron chi connectivity index (χ2n) is 4.47. The lowest BCUT2D eigenvalue weighted by Crippen LogP contribution is -2.17. The Balaban J connectivity index is 1.74. The van der Waals surface area contributed by atoms with Crippen molar-refractivity contribution in [3.8, 4) is 10.4 Å². The van der Waals surface area contributed by atoms with Gasteiger partial charge in [-0.2, -0.15) is 5.10 Å². The summed E-state index contributed by atoms with van der Waals surface area (Å²) in [6, 6.07) is 15.5. The lowest BCUT2D eigenvalue weighted by molar-refractivity contribution is 0.0956. The minimum atomic E-state index is -0.302. The van der Waals surface area contributed by atoms with E-state index in [0.717, 1.165) is 15.3 Å². The highest BCUT2D eigenvalue weighted by Gasteiger charge is 2.14. The van der Waals surface area contributed by atoms with Gasteiger partial charge in [-0.1, -0.05) is 36.4 Å². The molecule has 0 spiro atoms. The highest BCUT2D eigenvalue weighted by molar-refractivity contribution is 7.19. The highest BCUT2D eigenvalue weighted by Crippen LogP contribution is 2.33. The molecule has 0 aliphatic heterocycles. The van der Waals surface area contributed by atoms with E-state index in [0.29, 0.717) is 10.6 Å². The van der Waals surface area contributed by atoms with Crippen LogP contribution in [-0.2, 0) is 0 Å². The summed E-state index contributed by atoms with van der Waals surface area (Å²) in [7, 11) is 0. The molecule has 0 atom stereocenters. The summed E-state index contributed by atoms with van der Waals surface area (Å²) in [4.78, 5) is 14.1. The van der Waals surface area contributed by atoms with Gasteiger partial charge in [0.15, 0.2) is 0 Å². The normalized spacial score (nSPS) is 10.9. The molecule has 110 valence electrons. The van der Waals surface area contributed by atoms with E-state index < -0.39 is 0 Å². The summed E-state index contributed by atoms with van der Waals surface area (Å²) in [6.45, 7) is 0. The maximum absolute atomic E-state index is 12.1. The molecule has 2 heterocycles. The van der Waals surface area contributed by atoms with E-state index in [4.69, 9.17) is 5.73 Å². The lowest BCUT2D eigenvalue weighted by Gasteiger charge is -1.97. The second kappa shape index (κ2) is 6.55. The first-order valence-corrected chi connectivity index (χ1v) is 8.25. The van der Waals surface area contributed by atoms with Gasteiger partial charge >= 0.3 is 0 Å². The molecule has 0 fully saturated rings. The van der Waals surface area contributed by atoms with Gasteiger partial charge in [-0.15, -0.1) is 22.7 Å². The standard InChI is InChI=1S/C16H13N3OS2/c17-15-13(9-14(22-15)11-5-2-1-3-6-11)16(20)19-18-10-12-7-4-8-21-12/h1-10H,17H2,(H,19,20)/b18-10-. The summed E-state index contributed by atoms with van der Waals surface area (Å²) in [5.74, 6) is -0.302. The summed E-state index contributed by atoms with van der Waals surface area (Å²) < 4.78 is 0. The number of benzene rings is 1. The van der Waals surface area contributed by atoms with Gasteiger partial charge in [0, 0.05) is 9.75 Å². The molecule has 0 saturated heterocycles. The number of nitrogens with two attached hydrogens (primary N) is 1. The number of rotatable bonds is 4. The molecule has 3 N–H and O–H groups in total. The van der Waals surface area contributed by atoms with Crippen LogP contribution in [0.1, 0.15) is 15.2 Å². The minimum Gasteiger partial charge on any atom is -0.390 e. The molecular weight excluding hydrogens is 314 g/mol. The van der Waals surface area contributed by atoms with E-state index >= 15 is 0 Å². The predicted octanol–water partition coefficient (Wildman–Crippen LogP) is 3.82. The van der Waals surface area contributed by atoms with Gasteiger partial charge in [0.25, 0.3) is 5.91 Å². The number of hydrogen-bond acceptors (Lipinski definition) is 5. The maximum Gasteiger partial charge on any atom is 0.274 e. The van der Waals surface area contributed by atoms with Crippen LogP contribution in [0.15, 0.2) is 59.0 Å². The molecule has 2 aromatic heterocycles. The van der Waals surface area contributed by atoms with Crippen LogP contribution in [0.3, 0.4) is 0 Å². The van der Waals surface area contributed by atoms with Crippen LogP contribution >= 0.6 is 22.7 Å². The Labute approximate surface area is 135 Å². The van der Waals surface area contributed by atoms with E-state index in [1.54, 1.807) is 23.6 Å². The van der Waals surface area contributed by atoms with Gasteiger partial charge in [-0.3, -0.25) is 4.79 Å². The molecule has 22 heavy (non-hydrogen) atoms. The number of carbonyl (C=O) groups excluding carboxylic acids is 1. The second-order valence-corrected chi connectivity index (χ2v) is 6.53. The largest absolute Gasteiger partial charge is 0.390 e. The lowest BCUT2D eigenvalue weighted by atomic mass is 10.1. The van der Waals surface area contributed by atoms with Gasteiger partial charge in [-0.05, 0) is 23.1 Å². The molecular formula is C16H13N3OS2. The third kappa shape index (κ3) is 3.24. The predicted molar refractivity (Wildman–Crippen MR) is 93.5 cm³/mol. The van der Waals surface area contributed by atoms with E-state index in [2.05, 4.69) is 10.5 Å². The fourth-order valence-corrected chi connectivity index (χ4v) is 3.42. The molecule has 0 saturated carbocycles. The smallest absolute Gasteiger partial charge is 0.274 e. The first-order valence-electron chi connectivity index (χ1n) is 6.55. The number of amides is 1. The Morgan fingerprint density at radius 2 is 2.00 bits per heavy atom. The molecule has 1 amide bonds.